The van der Waals surface area contributed by atoms with Gasteiger partial charge >= 0.3 is 0 Å². The minimum absolute atomic E-state index is 0.283. The number of hydrogen-bond acceptors (Lipinski definition) is 9. The molecule has 196 valence electrons. The molecule has 1 aliphatic heterocycles. The second-order valence-electron chi connectivity index (χ2n) is 8.61. The van der Waals surface area contributed by atoms with Crippen LogP contribution in [0.15, 0.2) is 60.9 Å². The molecule has 5 rings (SSSR count). The van der Waals surface area contributed by atoms with Crippen LogP contribution in [0.4, 0.5) is 17.3 Å². The van der Waals surface area contributed by atoms with E-state index in [2.05, 4.69) is 59.5 Å². The van der Waals surface area contributed by atoms with E-state index in [-0.39, 0.29) is 11.6 Å². The SMILES string of the molecule is COc1cc(-c2cc(C(=O)Nc3cc(N4CCN(c5ccccc5)CC4)ncn3)[nH]n2)cc(OC)c1OC. The van der Waals surface area contributed by atoms with E-state index in [9.17, 15) is 4.79 Å². The third-order valence-electron chi connectivity index (χ3n) is 6.40. The molecule has 0 aliphatic carbocycles. The van der Waals surface area contributed by atoms with Gasteiger partial charge in [0.2, 0.25) is 5.75 Å². The summed E-state index contributed by atoms with van der Waals surface area (Å²) in [6.45, 7) is 3.40. The molecule has 0 atom stereocenters. The van der Waals surface area contributed by atoms with Gasteiger partial charge in [-0.2, -0.15) is 5.10 Å². The summed E-state index contributed by atoms with van der Waals surface area (Å²) in [4.78, 5) is 26.2. The first-order valence-electron chi connectivity index (χ1n) is 12.1. The number of nitrogens with zero attached hydrogens (tertiary/aromatic N) is 5. The van der Waals surface area contributed by atoms with Gasteiger partial charge in [-0.1, -0.05) is 18.2 Å². The number of rotatable bonds is 8. The smallest absolute Gasteiger partial charge is 0.274 e. The molecule has 1 aliphatic rings. The monoisotopic (exact) mass is 515 g/mol. The summed E-state index contributed by atoms with van der Waals surface area (Å²) in [5.41, 5.74) is 2.75. The van der Waals surface area contributed by atoms with E-state index in [1.54, 1.807) is 45.6 Å². The lowest BCUT2D eigenvalue weighted by atomic mass is 10.1. The molecule has 38 heavy (non-hydrogen) atoms. The van der Waals surface area contributed by atoms with Gasteiger partial charge in [-0.3, -0.25) is 9.89 Å². The summed E-state index contributed by atoms with van der Waals surface area (Å²) in [7, 11) is 4.63. The highest BCUT2D eigenvalue weighted by molar-refractivity contribution is 6.03. The first kappa shape index (κ1) is 24.9. The number of amides is 1. The quantitative estimate of drug-likeness (QED) is 0.364. The molecule has 2 N–H and O–H groups in total. The average molecular weight is 516 g/mol. The van der Waals surface area contributed by atoms with Crippen LogP contribution in [-0.4, -0.2) is 73.6 Å². The van der Waals surface area contributed by atoms with Crippen molar-refractivity contribution in [2.24, 2.45) is 0 Å². The van der Waals surface area contributed by atoms with Crippen molar-refractivity contribution < 1.29 is 19.0 Å². The zero-order valence-electron chi connectivity index (χ0n) is 21.5. The lowest BCUT2D eigenvalue weighted by Crippen LogP contribution is -2.46. The van der Waals surface area contributed by atoms with Crippen molar-refractivity contribution in [1.82, 2.24) is 20.2 Å². The van der Waals surface area contributed by atoms with Gasteiger partial charge in [0, 0.05) is 43.5 Å². The summed E-state index contributed by atoms with van der Waals surface area (Å²) >= 11 is 0. The average Bonchev–Trinajstić information content (AvgIpc) is 3.48. The largest absolute Gasteiger partial charge is 0.493 e. The van der Waals surface area contributed by atoms with E-state index in [4.69, 9.17) is 14.2 Å². The topological polar surface area (TPSA) is 118 Å². The number of carbonyl (C=O) groups excluding carboxylic acids is 1. The van der Waals surface area contributed by atoms with Crippen molar-refractivity contribution >= 4 is 23.2 Å². The molecule has 1 amide bonds. The lowest BCUT2D eigenvalue weighted by Gasteiger charge is -2.36. The fraction of sp³-hybridized carbons (Fsp3) is 0.259. The van der Waals surface area contributed by atoms with Gasteiger partial charge in [-0.05, 0) is 30.3 Å². The van der Waals surface area contributed by atoms with Gasteiger partial charge < -0.3 is 29.3 Å². The van der Waals surface area contributed by atoms with Crippen LogP contribution in [-0.2, 0) is 0 Å². The molecule has 0 spiro atoms. The molecular weight excluding hydrogens is 486 g/mol. The Morgan fingerprint density at radius 1 is 0.868 bits per heavy atom. The summed E-state index contributed by atoms with van der Waals surface area (Å²) < 4.78 is 16.2. The number of nitrogens with one attached hydrogen (secondary N) is 2. The summed E-state index contributed by atoms with van der Waals surface area (Å²) in [5.74, 6) is 2.28. The van der Waals surface area contributed by atoms with Gasteiger partial charge in [-0.15, -0.1) is 0 Å². The fourth-order valence-corrected chi connectivity index (χ4v) is 4.42. The van der Waals surface area contributed by atoms with Crippen LogP contribution in [0.2, 0.25) is 0 Å². The van der Waals surface area contributed by atoms with Crippen LogP contribution in [0.3, 0.4) is 0 Å². The third kappa shape index (κ3) is 5.17. The first-order valence-corrected chi connectivity index (χ1v) is 12.1. The maximum atomic E-state index is 13.0. The van der Waals surface area contributed by atoms with Gasteiger partial charge in [0.25, 0.3) is 5.91 Å². The van der Waals surface area contributed by atoms with Crippen molar-refractivity contribution in [3.05, 3.63) is 66.6 Å². The molecular formula is C27H29N7O4. The normalized spacial score (nSPS) is 13.2. The van der Waals surface area contributed by atoms with Gasteiger partial charge in [-0.25, -0.2) is 9.97 Å². The molecule has 3 heterocycles. The number of H-pyrrole nitrogens is 1. The van der Waals surface area contributed by atoms with Gasteiger partial charge in [0.05, 0.1) is 27.0 Å². The first-order chi connectivity index (χ1) is 18.6. The van der Waals surface area contributed by atoms with Gasteiger partial charge in [0.15, 0.2) is 11.5 Å². The van der Waals surface area contributed by atoms with E-state index < -0.39 is 0 Å². The Balaban J connectivity index is 1.26. The molecule has 4 aromatic rings. The number of piperazine rings is 1. The number of ether oxygens (including phenoxy) is 3. The summed E-state index contributed by atoms with van der Waals surface area (Å²) in [6.07, 6.45) is 1.46. The standard InChI is InChI=1S/C27H29N7O4/c1-36-22-13-18(14-23(37-2)26(22)38-3)20-15-21(32-31-20)27(35)30-24-16-25(29-17-28-24)34-11-9-33(10-12-34)19-7-5-4-6-8-19/h4-8,13-17H,9-12H2,1-3H3,(H,31,32)(H,28,29,30,35). The Morgan fingerprint density at radius 2 is 1.55 bits per heavy atom. The Labute approximate surface area is 220 Å². The molecule has 1 saturated heterocycles. The molecule has 11 nitrogen and oxygen atoms in total. The van der Waals surface area contributed by atoms with Crippen LogP contribution in [0.25, 0.3) is 11.3 Å². The number of anilines is 3. The number of aromatic nitrogens is 4. The zero-order valence-corrected chi connectivity index (χ0v) is 21.5. The summed E-state index contributed by atoms with van der Waals surface area (Å²) in [6, 6.07) is 17.3. The van der Waals surface area contributed by atoms with E-state index in [0.717, 1.165) is 32.0 Å². The van der Waals surface area contributed by atoms with E-state index in [1.807, 2.05) is 6.07 Å². The van der Waals surface area contributed by atoms with Crippen molar-refractivity contribution in [3.8, 4) is 28.5 Å². The molecule has 0 unspecified atom stereocenters. The Bertz CT molecular complexity index is 1380. The lowest BCUT2D eigenvalue weighted by molar-refractivity contribution is 0.102. The highest BCUT2D eigenvalue weighted by atomic mass is 16.5. The van der Waals surface area contributed by atoms with Crippen LogP contribution in [0.1, 0.15) is 10.5 Å². The highest BCUT2D eigenvalue weighted by Gasteiger charge is 2.20. The number of carbonyl (C=O) groups is 1. The van der Waals surface area contributed by atoms with Crippen LogP contribution >= 0.6 is 0 Å². The van der Waals surface area contributed by atoms with E-state index >= 15 is 0 Å². The maximum absolute atomic E-state index is 13.0. The molecule has 11 heteroatoms. The van der Waals surface area contributed by atoms with Crippen molar-refractivity contribution in [1.29, 1.82) is 0 Å². The predicted octanol–water partition coefficient (Wildman–Crippen LogP) is 3.47. The Hall–Kier alpha value is -4.80. The third-order valence-corrected chi connectivity index (χ3v) is 6.40. The van der Waals surface area contributed by atoms with E-state index in [1.165, 1.54) is 12.0 Å². The molecule has 0 saturated carbocycles. The molecule has 2 aromatic heterocycles. The fourth-order valence-electron chi connectivity index (χ4n) is 4.42. The Kier molecular flexibility index (Phi) is 7.25. The Morgan fingerprint density at radius 3 is 2.21 bits per heavy atom. The molecule has 0 bridgehead atoms. The van der Waals surface area contributed by atoms with Crippen molar-refractivity contribution in [3.63, 3.8) is 0 Å². The predicted molar refractivity (Wildman–Crippen MR) is 145 cm³/mol. The number of methoxy groups -OCH3 is 3. The molecule has 1 fully saturated rings. The minimum atomic E-state index is -0.366. The van der Waals surface area contributed by atoms with Gasteiger partial charge in [0.1, 0.15) is 23.7 Å². The molecule has 0 radical (unpaired) electrons. The highest BCUT2D eigenvalue weighted by Crippen LogP contribution is 2.40. The number of hydrogen-bond donors (Lipinski definition) is 2. The number of para-hydroxylation sites is 1. The summed E-state index contributed by atoms with van der Waals surface area (Å²) in [5, 5.41) is 9.92. The maximum Gasteiger partial charge on any atom is 0.274 e. The second-order valence-corrected chi connectivity index (χ2v) is 8.61. The zero-order chi connectivity index (χ0) is 26.5. The second kappa shape index (κ2) is 11.1. The van der Waals surface area contributed by atoms with Crippen molar-refractivity contribution in [2.75, 3.05) is 62.6 Å². The van der Waals surface area contributed by atoms with Crippen LogP contribution < -0.4 is 29.3 Å². The molecule has 2 aromatic carbocycles. The number of aromatic amines is 1. The van der Waals surface area contributed by atoms with Crippen LogP contribution in [0.5, 0.6) is 17.2 Å². The number of benzene rings is 2. The minimum Gasteiger partial charge on any atom is -0.493 e. The van der Waals surface area contributed by atoms with Crippen LogP contribution in [0, 0.1) is 0 Å². The van der Waals surface area contributed by atoms with Crippen molar-refractivity contribution in [2.45, 2.75) is 0 Å². The van der Waals surface area contributed by atoms with E-state index in [0.29, 0.717) is 34.3 Å².